The normalized spacial score (nSPS) is 26.3. The Hall–Kier alpha value is -2.39. The molecule has 0 saturated carbocycles. The SMILES string of the molecule is O=c1ccnc2n1CCC(CC(F)(F)F)N2C[C@H](Cc1ccccc1)N1CC2CCC(C1)O2. The number of aromatic nitrogens is 2. The number of fused-ring (bicyclic) bond motifs is 3. The number of nitrogens with zero attached hydrogens (tertiary/aromatic N) is 4. The summed E-state index contributed by atoms with van der Waals surface area (Å²) in [6.45, 7) is 2.19. The van der Waals surface area contributed by atoms with Gasteiger partial charge in [-0.1, -0.05) is 30.3 Å². The zero-order chi connectivity index (χ0) is 23.0. The molecule has 9 heteroatoms. The molecular weight excluding hydrogens is 433 g/mol. The summed E-state index contributed by atoms with van der Waals surface area (Å²) in [5.74, 6) is 0.345. The predicted octanol–water partition coefficient (Wildman–Crippen LogP) is 3.25. The first-order chi connectivity index (χ1) is 15.9. The first kappa shape index (κ1) is 22.4. The van der Waals surface area contributed by atoms with Crippen molar-refractivity contribution in [2.75, 3.05) is 24.5 Å². The number of ether oxygens (including phenoxy) is 1. The fourth-order valence-corrected chi connectivity index (χ4v) is 5.54. The van der Waals surface area contributed by atoms with E-state index < -0.39 is 18.6 Å². The maximum absolute atomic E-state index is 13.5. The van der Waals surface area contributed by atoms with E-state index in [4.69, 9.17) is 4.74 Å². The highest BCUT2D eigenvalue weighted by Gasteiger charge is 2.41. The molecule has 178 valence electrons. The van der Waals surface area contributed by atoms with Gasteiger partial charge in [0, 0.05) is 50.5 Å². The fourth-order valence-electron chi connectivity index (χ4n) is 5.54. The Morgan fingerprint density at radius 2 is 1.79 bits per heavy atom. The van der Waals surface area contributed by atoms with E-state index in [9.17, 15) is 18.0 Å². The van der Waals surface area contributed by atoms with E-state index in [-0.39, 0.29) is 36.8 Å². The van der Waals surface area contributed by atoms with Crippen LogP contribution in [-0.4, -0.2) is 64.6 Å². The molecule has 3 aliphatic heterocycles. The molecule has 2 aromatic rings. The Balaban J connectivity index is 1.47. The second kappa shape index (κ2) is 9.10. The Bertz CT molecular complexity index is 1000. The average Bonchev–Trinajstić information content (AvgIpc) is 3.12. The molecule has 4 heterocycles. The summed E-state index contributed by atoms with van der Waals surface area (Å²) < 4.78 is 48.0. The molecule has 1 aromatic carbocycles. The number of morpholine rings is 1. The van der Waals surface area contributed by atoms with Crippen LogP contribution in [0.1, 0.15) is 31.2 Å². The van der Waals surface area contributed by atoms with Gasteiger partial charge in [-0.25, -0.2) is 4.98 Å². The maximum Gasteiger partial charge on any atom is 0.391 e. The lowest BCUT2D eigenvalue weighted by Gasteiger charge is -2.44. The molecule has 1 aromatic heterocycles. The van der Waals surface area contributed by atoms with Crippen LogP contribution in [0.3, 0.4) is 0 Å². The number of alkyl halides is 3. The molecule has 2 bridgehead atoms. The van der Waals surface area contributed by atoms with Gasteiger partial charge in [-0.2, -0.15) is 13.2 Å². The minimum atomic E-state index is -4.28. The summed E-state index contributed by atoms with van der Waals surface area (Å²) in [6.07, 6.45) is -0.393. The van der Waals surface area contributed by atoms with Gasteiger partial charge >= 0.3 is 6.18 Å². The van der Waals surface area contributed by atoms with Crippen LogP contribution < -0.4 is 10.5 Å². The van der Waals surface area contributed by atoms with Gasteiger partial charge in [-0.3, -0.25) is 14.3 Å². The van der Waals surface area contributed by atoms with Gasteiger partial charge in [0.05, 0.1) is 18.6 Å². The molecule has 2 fully saturated rings. The van der Waals surface area contributed by atoms with Crippen LogP contribution in [-0.2, 0) is 17.7 Å². The number of halogens is 3. The van der Waals surface area contributed by atoms with Gasteiger partial charge < -0.3 is 9.64 Å². The van der Waals surface area contributed by atoms with Gasteiger partial charge in [0.1, 0.15) is 0 Å². The summed E-state index contributed by atoms with van der Waals surface area (Å²) in [5, 5.41) is 0. The third-order valence-electron chi connectivity index (χ3n) is 7.08. The van der Waals surface area contributed by atoms with Crippen molar-refractivity contribution in [1.29, 1.82) is 0 Å². The molecule has 0 amide bonds. The predicted molar refractivity (Wildman–Crippen MR) is 118 cm³/mol. The third-order valence-corrected chi connectivity index (χ3v) is 7.08. The molecule has 3 unspecified atom stereocenters. The first-order valence-corrected chi connectivity index (χ1v) is 11.7. The van der Waals surface area contributed by atoms with E-state index in [0.717, 1.165) is 31.5 Å². The first-order valence-electron chi connectivity index (χ1n) is 11.7. The lowest BCUT2D eigenvalue weighted by atomic mass is 10.00. The van der Waals surface area contributed by atoms with Crippen LogP contribution >= 0.6 is 0 Å². The summed E-state index contributed by atoms with van der Waals surface area (Å²) in [7, 11) is 0. The van der Waals surface area contributed by atoms with Crippen LogP contribution in [0.25, 0.3) is 0 Å². The number of anilines is 1. The van der Waals surface area contributed by atoms with Crippen LogP contribution in [0, 0.1) is 0 Å². The molecule has 0 N–H and O–H groups in total. The summed E-state index contributed by atoms with van der Waals surface area (Å²) in [4.78, 5) is 20.9. The van der Waals surface area contributed by atoms with Crippen LogP contribution in [0.5, 0.6) is 0 Å². The van der Waals surface area contributed by atoms with Gasteiger partial charge in [0.2, 0.25) is 5.95 Å². The molecule has 0 spiro atoms. The fraction of sp³-hybridized carbons (Fsp3) is 0.583. The third kappa shape index (κ3) is 5.09. The number of benzene rings is 1. The zero-order valence-corrected chi connectivity index (χ0v) is 18.5. The Morgan fingerprint density at radius 3 is 2.48 bits per heavy atom. The van der Waals surface area contributed by atoms with E-state index >= 15 is 0 Å². The standard InChI is InChI=1S/C24H29F3N4O2/c25-24(26,27)13-18-9-11-30-22(32)8-10-28-23(30)31(18)14-19(12-17-4-2-1-3-5-17)29-15-20-6-7-21(16-29)33-20/h1-5,8,10,18-21H,6-7,9,11-16H2/t18?,19-,20?,21?/m0/s1. The van der Waals surface area contributed by atoms with E-state index in [0.29, 0.717) is 18.9 Å². The molecule has 3 aliphatic rings. The topological polar surface area (TPSA) is 50.6 Å². The minimum Gasteiger partial charge on any atom is -0.372 e. The Kier molecular flexibility index (Phi) is 6.18. The molecule has 0 radical (unpaired) electrons. The molecule has 5 rings (SSSR count). The van der Waals surface area contributed by atoms with Crippen LogP contribution in [0.2, 0.25) is 0 Å². The molecule has 33 heavy (non-hydrogen) atoms. The van der Waals surface area contributed by atoms with E-state index in [1.807, 2.05) is 18.2 Å². The number of rotatable bonds is 6. The molecular formula is C24H29F3N4O2. The summed E-state index contributed by atoms with van der Waals surface area (Å²) in [6, 6.07) is 10.7. The lowest BCUT2D eigenvalue weighted by molar-refractivity contribution is -0.139. The van der Waals surface area contributed by atoms with E-state index in [1.165, 1.54) is 16.8 Å². The van der Waals surface area contributed by atoms with E-state index in [1.54, 1.807) is 4.90 Å². The quantitative estimate of drug-likeness (QED) is 0.660. The summed E-state index contributed by atoms with van der Waals surface area (Å²) in [5.41, 5.74) is 0.920. The monoisotopic (exact) mass is 462 g/mol. The van der Waals surface area contributed by atoms with Gasteiger partial charge in [0.15, 0.2) is 0 Å². The summed E-state index contributed by atoms with van der Waals surface area (Å²) >= 11 is 0. The van der Waals surface area contributed by atoms with Crippen molar-refractivity contribution >= 4 is 5.95 Å². The average molecular weight is 463 g/mol. The highest BCUT2D eigenvalue weighted by molar-refractivity contribution is 5.36. The highest BCUT2D eigenvalue weighted by atomic mass is 19.4. The van der Waals surface area contributed by atoms with Gasteiger partial charge in [-0.05, 0) is 31.2 Å². The molecule has 6 nitrogen and oxygen atoms in total. The van der Waals surface area contributed by atoms with Crippen molar-refractivity contribution in [3.63, 3.8) is 0 Å². The maximum atomic E-state index is 13.5. The zero-order valence-electron chi connectivity index (χ0n) is 18.5. The van der Waals surface area contributed by atoms with Crippen molar-refractivity contribution in [3.8, 4) is 0 Å². The van der Waals surface area contributed by atoms with Crippen molar-refractivity contribution in [2.45, 2.75) is 69.1 Å². The van der Waals surface area contributed by atoms with Gasteiger partial charge in [0.25, 0.3) is 5.56 Å². The number of likely N-dealkylation sites (tertiary alicyclic amines) is 1. The van der Waals surface area contributed by atoms with Crippen molar-refractivity contribution < 1.29 is 17.9 Å². The largest absolute Gasteiger partial charge is 0.391 e. The van der Waals surface area contributed by atoms with E-state index in [2.05, 4.69) is 22.0 Å². The van der Waals surface area contributed by atoms with Crippen molar-refractivity contribution in [3.05, 3.63) is 58.5 Å². The van der Waals surface area contributed by atoms with Crippen molar-refractivity contribution in [2.24, 2.45) is 0 Å². The second-order valence-corrected chi connectivity index (χ2v) is 9.40. The second-order valence-electron chi connectivity index (χ2n) is 9.40. The Labute approximate surface area is 191 Å². The van der Waals surface area contributed by atoms with Gasteiger partial charge in [-0.15, -0.1) is 0 Å². The Morgan fingerprint density at radius 1 is 1.06 bits per heavy atom. The van der Waals surface area contributed by atoms with Crippen molar-refractivity contribution in [1.82, 2.24) is 14.5 Å². The molecule has 0 aliphatic carbocycles. The molecule has 4 atom stereocenters. The number of hydrogen-bond donors (Lipinski definition) is 0. The lowest BCUT2D eigenvalue weighted by Crippen LogP contribution is -2.56. The van der Waals surface area contributed by atoms with Crippen LogP contribution in [0.15, 0.2) is 47.4 Å². The number of hydrogen-bond acceptors (Lipinski definition) is 5. The van der Waals surface area contributed by atoms with Crippen LogP contribution in [0.4, 0.5) is 19.1 Å². The smallest absolute Gasteiger partial charge is 0.372 e. The highest BCUT2D eigenvalue weighted by Crippen LogP contribution is 2.33. The minimum absolute atomic E-state index is 0.0150. The molecule has 2 saturated heterocycles.